The lowest BCUT2D eigenvalue weighted by Gasteiger charge is -2.24. The smallest absolute Gasteiger partial charge is 0.150 e. The van der Waals surface area contributed by atoms with Crippen molar-refractivity contribution in [1.82, 2.24) is 0 Å². The van der Waals surface area contributed by atoms with E-state index in [1.807, 2.05) is 0 Å². The summed E-state index contributed by atoms with van der Waals surface area (Å²) in [5.74, 6) is 0.738. The first-order valence-electron chi connectivity index (χ1n) is 4.78. The quantitative estimate of drug-likeness (QED) is 0.531. The molecule has 0 saturated heterocycles. The SMILES string of the molecule is CS(=O)(=O)[C@H]1CC2CC1[C@H](N=C=S)C2. The average Bonchev–Trinajstić information content (AvgIpc) is 2.61. The summed E-state index contributed by atoms with van der Waals surface area (Å²) in [6.07, 6.45) is 4.16. The summed E-state index contributed by atoms with van der Waals surface area (Å²) in [5, 5.41) is 2.20. The third-order valence-corrected chi connectivity index (χ3v) is 5.23. The van der Waals surface area contributed by atoms with Crippen molar-refractivity contribution in [3.63, 3.8) is 0 Å². The molecule has 4 atom stereocenters. The van der Waals surface area contributed by atoms with Crippen LogP contribution < -0.4 is 0 Å². The summed E-state index contributed by atoms with van der Waals surface area (Å²) in [4.78, 5) is 4.07. The Bertz CT molecular complexity index is 384. The van der Waals surface area contributed by atoms with Gasteiger partial charge in [0, 0.05) is 6.26 Å². The van der Waals surface area contributed by atoms with Gasteiger partial charge in [0.1, 0.15) is 0 Å². The van der Waals surface area contributed by atoms with Gasteiger partial charge in [-0.1, -0.05) is 0 Å². The molecule has 2 bridgehead atoms. The van der Waals surface area contributed by atoms with Crippen molar-refractivity contribution in [1.29, 1.82) is 0 Å². The van der Waals surface area contributed by atoms with Gasteiger partial charge in [-0.2, -0.15) is 0 Å². The van der Waals surface area contributed by atoms with Crippen molar-refractivity contribution < 1.29 is 8.42 Å². The molecule has 2 fully saturated rings. The van der Waals surface area contributed by atoms with Crippen molar-refractivity contribution in [2.24, 2.45) is 16.8 Å². The number of nitrogens with zero attached hydrogens (tertiary/aromatic N) is 1. The minimum absolute atomic E-state index is 0.117. The summed E-state index contributed by atoms with van der Waals surface area (Å²) >= 11 is 4.57. The van der Waals surface area contributed by atoms with E-state index in [9.17, 15) is 8.42 Å². The topological polar surface area (TPSA) is 46.5 Å². The van der Waals surface area contributed by atoms with Gasteiger partial charge in [0.2, 0.25) is 0 Å². The van der Waals surface area contributed by atoms with E-state index >= 15 is 0 Å². The van der Waals surface area contributed by atoms with E-state index in [2.05, 4.69) is 22.4 Å². The lowest BCUT2D eigenvalue weighted by atomic mass is 9.95. The molecule has 2 rings (SSSR count). The van der Waals surface area contributed by atoms with Crippen LogP contribution in [0.15, 0.2) is 4.99 Å². The first-order chi connectivity index (χ1) is 6.52. The zero-order valence-corrected chi connectivity index (χ0v) is 9.64. The van der Waals surface area contributed by atoms with E-state index in [-0.39, 0.29) is 17.2 Å². The Balaban J connectivity index is 2.23. The zero-order valence-electron chi connectivity index (χ0n) is 8.01. The van der Waals surface area contributed by atoms with Gasteiger partial charge in [-0.15, -0.1) is 0 Å². The van der Waals surface area contributed by atoms with Crippen molar-refractivity contribution in [3.8, 4) is 0 Å². The van der Waals surface area contributed by atoms with Crippen LogP contribution in [0.3, 0.4) is 0 Å². The van der Waals surface area contributed by atoms with Crippen molar-refractivity contribution >= 4 is 27.2 Å². The van der Waals surface area contributed by atoms with Gasteiger partial charge < -0.3 is 0 Å². The fourth-order valence-corrected chi connectivity index (χ4v) is 4.64. The minimum atomic E-state index is -2.91. The summed E-state index contributed by atoms with van der Waals surface area (Å²) in [5.41, 5.74) is 0. The first kappa shape index (κ1) is 10.3. The Hall–Kier alpha value is -0.250. The molecule has 0 aromatic rings. The molecule has 0 heterocycles. The largest absolute Gasteiger partial charge is 0.229 e. The molecule has 2 unspecified atom stereocenters. The number of rotatable bonds is 2. The van der Waals surface area contributed by atoms with Gasteiger partial charge in [-0.25, -0.2) is 13.4 Å². The monoisotopic (exact) mass is 231 g/mol. The predicted octanol–water partition coefficient (Wildman–Crippen LogP) is 1.30. The van der Waals surface area contributed by atoms with Gasteiger partial charge in [0.15, 0.2) is 9.84 Å². The molecular weight excluding hydrogens is 218 g/mol. The normalized spacial score (nSPS) is 40.9. The third-order valence-electron chi connectivity index (χ3n) is 3.49. The van der Waals surface area contributed by atoms with Crippen LogP contribution >= 0.6 is 12.2 Å². The van der Waals surface area contributed by atoms with Crippen LogP contribution in [0.5, 0.6) is 0 Å². The first-order valence-corrected chi connectivity index (χ1v) is 7.14. The van der Waals surface area contributed by atoms with E-state index in [0.29, 0.717) is 5.92 Å². The highest BCUT2D eigenvalue weighted by Crippen LogP contribution is 2.48. The van der Waals surface area contributed by atoms with Gasteiger partial charge in [0.05, 0.1) is 16.5 Å². The highest BCUT2D eigenvalue weighted by atomic mass is 32.2. The van der Waals surface area contributed by atoms with E-state index in [0.717, 1.165) is 19.3 Å². The minimum Gasteiger partial charge on any atom is -0.229 e. The molecule has 5 heteroatoms. The van der Waals surface area contributed by atoms with Crippen LogP contribution in [0, 0.1) is 11.8 Å². The van der Waals surface area contributed by atoms with E-state index < -0.39 is 9.84 Å². The maximum atomic E-state index is 11.5. The molecule has 78 valence electrons. The molecule has 0 aromatic carbocycles. The molecule has 0 spiro atoms. The molecule has 14 heavy (non-hydrogen) atoms. The molecule has 2 saturated carbocycles. The highest BCUT2D eigenvalue weighted by molar-refractivity contribution is 7.91. The number of fused-ring (bicyclic) bond motifs is 2. The highest BCUT2D eigenvalue weighted by Gasteiger charge is 2.50. The van der Waals surface area contributed by atoms with E-state index in [1.165, 1.54) is 6.26 Å². The molecule has 0 aliphatic heterocycles. The summed E-state index contributed by atoms with van der Waals surface area (Å²) in [6, 6.07) is 0.117. The van der Waals surface area contributed by atoms with Crippen LogP contribution in [0.25, 0.3) is 0 Å². The second-order valence-electron chi connectivity index (χ2n) is 4.39. The van der Waals surface area contributed by atoms with Crippen LogP contribution in [0.4, 0.5) is 0 Å². The van der Waals surface area contributed by atoms with Crippen molar-refractivity contribution in [3.05, 3.63) is 0 Å². The summed E-state index contributed by atoms with van der Waals surface area (Å²) in [6.45, 7) is 0. The summed E-state index contributed by atoms with van der Waals surface area (Å²) in [7, 11) is -2.91. The molecule has 2 aliphatic carbocycles. The second-order valence-corrected chi connectivity index (χ2v) is 6.84. The van der Waals surface area contributed by atoms with E-state index in [1.54, 1.807) is 0 Å². The number of isothiocyanates is 1. The Morgan fingerprint density at radius 1 is 1.36 bits per heavy atom. The maximum Gasteiger partial charge on any atom is 0.150 e. The van der Waals surface area contributed by atoms with Crippen molar-refractivity contribution in [2.45, 2.75) is 30.6 Å². The summed E-state index contributed by atoms with van der Waals surface area (Å²) < 4.78 is 23.0. The van der Waals surface area contributed by atoms with E-state index in [4.69, 9.17) is 0 Å². The molecule has 0 radical (unpaired) electrons. The van der Waals surface area contributed by atoms with Crippen LogP contribution in [-0.2, 0) is 9.84 Å². The Labute approximate surface area is 89.5 Å². The standard InChI is InChI=1S/C9H13NO2S2/c1-14(11,12)9-4-6-2-7(9)8(3-6)10-5-13/h6-9H,2-4H2,1H3/t6?,7?,8-,9+/m1/s1. The predicted molar refractivity (Wildman–Crippen MR) is 58.3 cm³/mol. The Morgan fingerprint density at radius 2 is 2.07 bits per heavy atom. The zero-order chi connectivity index (χ0) is 10.3. The number of aliphatic imine (C=N–C) groups is 1. The van der Waals surface area contributed by atoms with Gasteiger partial charge in [-0.05, 0) is 43.3 Å². The van der Waals surface area contributed by atoms with Gasteiger partial charge in [-0.3, -0.25) is 0 Å². The average molecular weight is 231 g/mol. The lowest BCUT2D eigenvalue weighted by molar-refractivity contribution is 0.416. The molecule has 0 aromatic heterocycles. The third kappa shape index (κ3) is 1.64. The molecular formula is C9H13NO2S2. The Kier molecular flexibility index (Phi) is 2.50. The maximum absolute atomic E-state index is 11.5. The lowest BCUT2D eigenvalue weighted by Crippen LogP contribution is -2.33. The molecule has 0 amide bonds. The fraction of sp³-hybridized carbons (Fsp3) is 0.889. The molecule has 0 N–H and O–H groups in total. The van der Waals surface area contributed by atoms with Gasteiger partial charge in [0.25, 0.3) is 0 Å². The Morgan fingerprint density at radius 3 is 2.57 bits per heavy atom. The van der Waals surface area contributed by atoms with Crippen LogP contribution in [-0.4, -0.2) is 31.1 Å². The number of hydrogen-bond donors (Lipinski definition) is 0. The number of thiocarbonyl (C=S) groups is 1. The molecule has 2 aliphatic rings. The van der Waals surface area contributed by atoms with Crippen LogP contribution in [0.1, 0.15) is 19.3 Å². The van der Waals surface area contributed by atoms with Crippen LogP contribution in [0.2, 0.25) is 0 Å². The van der Waals surface area contributed by atoms with Crippen molar-refractivity contribution in [2.75, 3.05) is 6.26 Å². The number of hydrogen-bond acceptors (Lipinski definition) is 4. The molecule has 3 nitrogen and oxygen atoms in total. The van der Waals surface area contributed by atoms with Gasteiger partial charge >= 0.3 is 0 Å². The fourth-order valence-electron chi connectivity index (χ4n) is 2.96. The number of sulfone groups is 1. The second kappa shape index (κ2) is 3.40.